The van der Waals surface area contributed by atoms with Gasteiger partial charge in [-0.15, -0.1) is 0 Å². The van der Waals surface area contributed by atoms with E-state index in [-0.39, 0.29) is 6.61 Å². The summed E-state index contributed by atoms with van der Waals surface area (Å²) in [6, 6.07) is 0. The molecule has 0 saturated carbocycles. The molecule has 0 aromatic heterocycles. The van der Waals surface area contributed by atoms with Crippen LogP contribution in [-0.4, -0.2) is 12.6 Å². The predicted molar refractivity (Wildman–Crippen MR) is 77.6 cm³/mol. The van der Waals surface area contributed by atoms with Crippen LogP contribution in [0.1, 0.15) is 84.8 Å². The summed E-state index contributed by atoms with van der Waals surface area (Å²) in [5, 5.41) is 0. The SMILES string of the molecule is [2H]C([2H])=C(C(=O)OCCCCCCCCCCCC)C([2H])([2H])[2H]. The molecule has 0 spiro atoms. The van der Waals surface area contributed by atoms with Gasteiger partial charge in [0.05, 0.1) is 9.35 Å². The van der Waals surface area contributed by atoms with Crippen molar-refractivity contribution in [3.05, 3.63) is 12.1 Å². The van der Waals surface area contributed by atoms with Gasteiger partial charge in [-0.25, -0.2) is 4.79 Å². The van der Waals surface area contributed by atoms with E-state index >= 15 is 0 Å². The number of hydrogen-bond donors (Lipinski definition) is 0. The summed E-state index contributed by atoms with van der Waals surface area (Å²) in [5.74, 6) is -1.07. The van der Waals surface area contributed by atoms with E-state index in [0.29, 0.717) is 6.42 Å². The molecule has 2 nitrogen and oxygen atoms in total. The summed E-state index contributed by atoms with van der Waals surface area (Å²) in [6.07, 6.45) is 11.6. The third kappa shape index (κ3) is 11.7. The monoisotopic (exact) mass is 259 g/mol. The van der Waals surface area contributed by atoms with Crippen molar-refractivity contribution in [3.8, 4) is 0 Å². The zero-order chi connectivity index (χ0) is 17.7. The Morgan fingerprint density at radius 2 is 1.61 bits per heavy atom. The van der Waals surface area contributed by atoms with E-state index in [0.717, 1.165) is 12.8 Å². The van der Waals surface area contributed by atoms with Crippen molar-refractivity contribution >= 4 is 5.97 Å². The van der Waals surface area contributed by atoms with Crippen LogP contribution in [0.2, 0.25) is 0 Å². The molecule has 0 aliphatic rings. The standard InChI is InChI=1S/C16H30O2/c1-4-5-6-7-8-9-10-11-12-13-14-18-16(17)15(2)3/h2,4-14H2,1,3H3/i2D2,3D3. The van der Waals surface area contributed by atoms with Crippen LogP contribution in [0.5, 0.6) is 0 Å². The highest BCUT2D eigenvalue weighted by molar-refractivity contribution is 5.86. The van der Waals surface area contributed by atoms with Crippen molar-refractivity contribution in [1.82, 2.24) is 0 Å². The molecule has 0 bridgehead atoms. The van der Waals surface area contributed by atoms with Crippen LogP contribution in [0, 0.1) is 0 Å². The third-order valence-electron chi connectivity index (χ3n) is 2.94. The lowest BCUT2D eigenvalue weighted by Gasteiger charge is -2.04. The lowest BCUT2D eigenvalue weighted by molar-refractivity contribution is -0.139. The minimum absolute atomic E-state index is 0.141. The van der Waals surface area contributed by atoms with Crippen molar-refractivity contribution in [2.24, 2.45) is 0 Å². The van der Waals surface area contributed by atoms with Crippen LogP contribution < -0.4 is 0 Å². The first-order valence-corrected chi connectivity index (χ1v) is 7.15. The van der Waals surface area contributed by atoms with Gasteiger partial charge in [0.1, 0.15) is 0 Å². The second-order valence-corrected chi connectivity index (χ2v) is 4.69. The molecule has 0 unspecified atom stereocenters. The van der Waals surface area contributed by atoms with Crippen LogP contribution in [0.25, 0.3) is 0 Å². The Kier molecular flexibility index (Phi) is 7.07. The molecule has 0 aliphatic heterocycles. The van der Waals surface area contributed by atoms with Gasteiger partial charge in [0.25, 0.3) is 0 Å². The Hall–Kier alpha value is -0.790. The highest BCUT2D eigenvalue weighted by Crippen LogP contribution is 2.10. The number of rotatable bonds is 12. The first-order chi connectivity index (χ1) is 10.8. The summed E-state index contributed by atoms with van der Waals surface area (Å²) < 4.78 is 40.4. The average Bonchev–Trinajstić information content (AvgIpc) is 2.42. The Balaban J connectivity index is 3.69. The summed E-state index contributed by atoms with van der Waals surface area (Å²) in [6.45, 7) is -1.42. The molecule has 0 rings (SSSR count). The van der Waals surface area contributed by atoms with Gasteiger partial charge < -0.3 is 4.74 Å². The number of carbonyl (C=O) groups excluding carboxylic acids is 1. The van der Waals surface area contributed by atoms with Gasteiger partial charge in [0, 0.05) is 9.69 Å². The van der Waals surface area contributed by atoms with Gasteiger partial charge in [-0.2, -0.15) is 0 Å². The Morgan fingerprint density at radius 3 is 2.11 bits per heavy atom. The Labute approximate surface area is 120 Å². The van der Waals surface area contributed by atoms with Gasteiger partial charge in [-0.05, 0) is 13.3 Å². The van der Waals surface area contributed by atoms with Gasteiger partial charge in [0.2, 0.25) is 0 Å². The normalized spacial score (nSPS) is 14.8. The molecule has 2 heteroatoms. The maximum Gasteiger partial charge on any atom is 0.333 e. The zero-order valence-corrected chi connectivity index (χ0v) is 11.6. The van der Waals surface area contributed by atoms with E-state index in [1.54, 1.807) is 0 Å². The Morgan fingerprint density at radius 1 is 1.06 bits per heavy atom. The first kappa shape index (κ1) is 10.1. The zero-order valence-electron chi connectivity index (χ0n) is 16.6. The fourth-order valence-electron chi connectivity index (χ4n) is 1.83. The lowest BCUT2D eigenvalue weighted by atomic mass is 10.1. The molecule has 0 aromatic carbocycles. The van der Waals surface area contributed by atoms with Gasteiger partial charge >= 0.3 is 5.97 Å². The second kappa shape index (κ2) is 12.7. The predicted octanol–water partition coefficient (Wildman–Crippen LogP) is 5.03. The van der Waals surface area contributed by atoms with E-state index in [1.165, 1.54) is 44.9 Å². The molecule has 0 N–H and O–H groups in total. The topological polar surface area (TPSA) is 26.3 Å². The number of carbonyl (C=O) groups is 1. The van der Waals surface area contributed by atoms with Crippen molar-refractivity contribution in [1.29, 1.82) is 0 Å². The maximum absolute atomic E-state index is 11.6. The molecule has 0 atom stereocenters. The van der Waals surface area contributed by atoms with Crippen LogP contribution in [0.3, 0.4) is 0 Å². The summed E-state index contributed by atoms with van der Waals surface area (Å²) in [4.78, 5) is 11.6. The van der Waals surface area contributed by atoms with Gasteiger partial charge in [0.15, 0.2) is 0 Å². The lowest BCUT2D eigenvalue weighted by Crippen LogP contribution is -2.05. The van der Waals surface area contributed by atoms with E-state index in [2.05, 4.69) is 6.92 Å². The Bertz CT molecular complexity index is 360. The molecular weight excluding hydrogens is 224 g/mol. The molecule has 0 heterocycles. The van der Waals surface area contributed by atoms with Crippen molar-refractivity contribution in [3.63, 3.8) is 0 Å². The quantitative estimate of drug-likeness (QED) is 0.279. The van der Waals surface area contributed by atoms with Gasteiger partial charge in [-0.3, -0.25) is 0 Å². The summed E-state index contributed by atoms with van der Waals surface area (Å²) >= 11 is 0. The van der Waals surface area contributed by atoms with E-state index in [1.807, 2.05) is 0 Å². The van der Waals surface area contributed by atoms with E-state index < -0.39 is 24.9 Å². The van der Waals surface area contributed by atoms with Crippen LogP contribution >= 0.6 is 0 Å². The molecule has 0 aromatic rings. The van der Waals surface area contributed by atoms with Crippen LogP contribution in [0.15, 0.2) is 12.1 Å². The molecule has 0 amide bonds. The van der Waals surface area contributed by atoms with E-state index in [9.17, 15) is 4.79 Å². The van der Waals surface area contributed by atoms with Gasteiger partial charge in [-0.1, -0.05) is 71.2 Å². The summed E-state index contributed by atoms with van der Waals surface area (Å²) in [5.41, 5.74) is -0.843. The number of unbranched alkanes of at least 4 members (excludes halogenated alkanes) is 9. The van der Waals surface area contributed by atoms with E-state index in [4.69, 9.17) is 11.6 Å². The van der Waals surface area contributed by atoms with Crippen LogP contribution in [0.4, 0.5) is 0 Å². The highest BCUT2D eigenvalue weighted by Gasteiger charge is 2.01. The van der Waals surface area contributed by atoms with Crippen LogP contribution in [-0.2, 0) is 9.53 Å². The molecule has 0 saturated heterocycles. The maximum atomic E-state index is 11.6. The minimum atomic E-state index is -2.77. The van der Waals surface area contributed by atoms with Crippen molar-refractivity contribution in [2.75, 3.05) is 6.61 Å². The molecule has 106 valence electrons. The van der Waals surface area contributed by atoms with Crippen molar-refractivity contribution < 1.29 is 16.4 Å². The number of esters is 1. The molecule has 18 heavy (non-hydrogen) atoms. The first-order valence-electron chi connectivity index (χ1n) is 9.65. The molecule has 0 fully saturated rings. The largest absolute Gasteiger partial charge is 0.462 e. The average molecular weight is 259 g/mol. The molecule has 0 aliphatic carbocycles. The number of ether oxygens (including phenoxy) is 1. The molecular formula is C16H30O2. The molecule has 0 radical (unpaired) electrons. The number of hydrogen-bond acceptors (Lipinski definition) is 2. The fourth-order valence-corrected chi connectivity index (χ4v) is 1.83. The summed E-state index contributed by atoms with van der Waals surface area (Å²) in [7, 11) is 0. The minimum Gasteiger partial charge on any atom is -0.462 e. The second-order valence-electron chi connectivity index (χ2n) is 4.69. The fraction of sp³-hybridized carbons (Fsp3) is 0.812. The highest BCUT2D eigenvalue weighted by atomic mass is 16.5. The van der Waals surface area contributed by atoms with Crippen molar-refractivity contribution in [2.45, 2.75) is 78.0 Å². The smallest absolute Gasteiger partial charge is 0.333 e. The third-order valence-corrected chi connectivity index (χ3v) is 2.94.